The molecule has 3 rings (SSSR count). The van der Waals surface area contributed by atoms with Crippen molar-refractivity contribution in [1.82, 2.24) is 10.2 Å². The molecule has 0 radical (unpaired) electrons. The molecule has 1 saturated heterocycles. The summed E-state index contributed by atoms with van der Waals surface area (Å²) in [6.07, 6.45) is 7.60. The van der Waals surface area contributed by atoms with Crippen LogP contribution in [0, 0.1) is 0 Å². The van der Waals surface area contributed by atoms with Gasteiger partial charge in [0.25, 0.3) is 0 Å². The highest BCUT2D eigenvalue weighted by atomic mass is 16.2. The van der Waals surface area contributed by atoms with Crippen molar-refractivity contribution in [3.63, 3.8) is 0 Å². The number of amides is 2. The highest BCUT2D eigenvalue weighted by Crippen LogP contribution is 2.26. The molecule has 1 unspecified atom stereocenters. The fourth-order valence-corrected chi connectivity index (χ4v) is 4.06. The summed E-state index contributed by atoms with van der Waals surface area (Å²) in [5.74, 6) is 0.123. The standard InChI is InChI=1S/C21H31N3O2/c1-21(2,23-16-10-6-5-7-11-16)20(26)22-17-14-19(25)24(15-17)18-12-8-3-4-9-13-18/h5-7,10-11,17-18,23H,3-4,8-9,12-15H2,1-2H3,(H,22,26). The Morgan fingerprint density at radius 1 is 1.08 bits per heavy atom. The number of likely N-dealkylation sites (tertiary alicyclic amines) is 1. The molecule has 1 aromatic rings. The van der Waals surface area contributed by atoms with Gasteiger partial charge in [0.2, 0.25) is 11.8 Å². The highest BCUT2D eigenvalue weighted by Gasteiger charge is 2.37. The van der Waals surface area contributed by atoms with Crippen LogP contribution in [0.4, 0.5) is 5.69 Å². The molecule has 1 aliphatic carbocycles. The van der Waals surface area contributed by atoms with Gasteiger partial charge in [-0.3, -0.25) is 9.59 Å². The number of anilines is 1. The summed E-state index contributed by atoms with van der Waals surface area (Å²) >= 11 is 0. The van der Waals surface area contributed by atoms with Crippen molar-refractivity contribution < 1.29 is 9.59 Å². The minimum Gasteiger partial charge on any atom is -0.372 e. The average Bonchev–Trinajstić information content (AvgIpc) is 2.81. The Bertz CT molecular complexity index is 621. The largest absolute Gasteiger partial charge is 0.372 e. The third-order valence-corrected chi connectivity index (χ3v) is 5.56. The molecule has 1 saturated carbocycles. The molecule has 1 aliphatic heterocycles. The second kappa shape index (κ2) is 8.11. The summed E-state index contributed by atoms with van der Waals surface area (Å²) in [5.41, 5.74) is 0.176. The molecule has 5 heteroatoms. The molecule has 0 bridgehead atoms. The van der Waals surface area contributed by atoms with Crippen molar-refractivity contribution in [1.29, 1.82) is 0 Å². The van der Waals surface area contributed by atoms with E-state index in [2.05, 4.69) is 10.6 Å². The van der Waals surface area contributed by atoms with Crippen molar-refractivity contribution >= 4 is 17.5 Å². The van der Waals surface area contributed by atoms with Crippen LogP contribution in [0.2, 0.25) is 0 Å². The predicted molar refractivity (Wildman–Crippen MR) is 104 cm³/mol. The van der Waals surface area contributed by atoms with Crippen LogP contribution in [-0.4, -0.2) is 40.9 Å². The number of benzene rings is 1. The van der Waals surface area contributed by atoms with Gasteiger partial charge in [-0.05, 0) is 38.8 Å². The number of rotatable bonds is 5. The lowest BCUT2D eigenvalue weighted by Gasteiger charge is -2.29. The molecular weight excluding hydrogens is 326 g/mol. The summed E-state index contributed by atoms with van der Waals surface area (Å²) in [7, 11) is 0. The minimum absolute atomic E-state index is 0.0677. The smallest absolute Gasteiger partial charge is 0.245 e. The summed E-state index contributed by atoms with van der Waals surface area (Å²) < 4.78 is 0. The molecule has 142 valence electrons. The van der Waals surface area contributed by atoms with Gasteiger partial charge in [-0.1, -0.05) is 43.9 Å². The van der Waals surface area contributed by atoms with E-state index in [0.29, 0.717) is 19.0 Å². The Morgan fingerprint density at radius 2 is 1.73 bits per heavy atom. The molecule has 2 fully saturated rings. The number of carbonyl (C=O) groups excluding carboxylic acids is 2. The maximum Gasteiger partial charge on any atom is 0.245 e. The van der Waals surface area contributed by atoms with Crippen LogP contribution < -0.4 is 10.6 Å². The highest BCUT2D eigenvalue weighted by molar-refractivity contribution is 5.90. The summed E-state index contributed by atoms with van der Waals surface area (Å²) in [4.78, 5) is 27.3. The van der Waals surface area contributed by atoms with Crippen molar-refractivity contribution in [2.75, 3.05) is 11.9 Å². The molecule has 26 heavy (non-hydrogen) atoms. The zero-order valence-electron chi connectivity index (χ0n) is 16.0. The van der Waals surface area contributed by atoms with Crippen LogP contribution >= 0.6 is 0 Å². The van der Waals surface area contributed by atoms with E-state index in [1.54, 1.807) is 0 Å². The number of hydrogen-bond acceptors (Lipinski definition) is 3. The van der Waals surface area contributed by atoms with Crippen molar-refractivity contribution in [3.05, 3.63) is 30.3 Å². The molecule has 2 N–H and O–H groups in total. The van der Waals surface area contributed by atoms with E-state index in [1.165, 1.54) is 25.7 Å². The first-order valence-electron chi connectivity index (χ1n) is 9.89. The van der Waals surface area contributed by atoms with Gasteiger partial charge in [0.05, 0.1) is 6.04 Å². The quantitative estimate of drug-likeness (QED) is 0.795. The fourth-order valence-electron chi connectivity index (χ4n) is 4.06. The first-order chi connectivity index (χ1) is 12.5. The molecule has 1 aromatic carbocycles. The lowest BCUT2D eigenvalue weighted by Crippen LogP contribution is -2.52. The Labute approximate surface area is 156 Å². The zero-order valence-corrected chi connectivity index (χ0v) is 16.0. The monoisotopic (exact) mass is 357 g/mol. The van der Waals surface area contributed by atoms with Gasteiger partial charge in [-0.15, -0.1) is 0 Å². The summed E-state index contributed by atoms with van der Waals surface area (Å²) in [5, 5.41) is 6.37. The van der Waals surface area contributed by atoms with Crippen molar-refractivity contribution in [2.45, 2.75) is 76.4 Å². The molecule has 5 nitrogen and oxygen atoms in total. The second-order valence-corrected chi connectivity index (χ2v) is 8.18. The summed E-state index contributed by atoms with van der Waals surface area (Å²) in [6.45, 7) is 4.39. The topological polar surface area (TPSA) is 61.4 Å². The van der Waals surface area contributed by atoms with E-state index in [-0.39, 0.29) is 17.9 Å². The Morgan fingerprint density at radius 3 is 2.38 bits per heavy atom. The third kappa shape index (κ3) is 4.57. The van der Waals surface area contributed by atoms with Gasteiger partial charge >= 0.3 is 0 Å². The van der Waals surface area contributed by atoms with Gasteiger partial charge in [-0.2, -0.15) is 0 Å². The molecule has 0 spiro atoms. The number of carbonyl (C=O) groups is 2. The normalized spacial score (nSPS) is 22.2. The van der Waals surface area contributed by atoms with Crippen LogP contribution in [0.25, 0.3) is 0 Å². The van der Waals surface area contributed by atoms with Crippen molar-refractivity contribution in [2.24, 2.45) is 0 Å². The lowest BCUT2D eigenvalue weighted by molar-refractivity contribution is -0.129. The fraction of sp³-hybridized carbons (Fsp3) is 0.619. The predicted octanol–water partition coefficient (Wildman–Crippen LogP) is 3.32. The number of hydrogen-bond donors (Lipinski definition) is 2. The van der Waals surface area contributed by atoms with Gasteiger partial charge in [-0.25, -0.2) is 0 Å². The minimum atomic E-state index is -0.736. The second-order valence-electron chi connectivity index (χ2n) is 8.18. The first kappa shape index (κ1) is 18.7. The van der Waals surface area contributed by atoms with Gasteiger partial charge in [0.1, 0.15) is 5.54 Å². The van der Waals surface area contributed by atoms with E-state index >= 15 is 0 Å². The molecule has 1 heterocycles. The number of nitrogens with zero attached hydrogens (tertiary/aromatic N) is 1. The van der Waals surface area contributed by atoms with E-state index in [1.807, 2.05) is 49.1 Å². The Hall–Kier alpha value is -2.04. The maximum atomic E-state index is 12.8. The van der Waals surface area contributed by atoms with Gasteiger partial charge in [0.15, 0.2) is 0 Å². The zero-order chi connectivity index (χ0) is 18.6. The van der Waals surface area contributed by atoms with Gasteiger partial charge < -0.3 is 15.5 Å². The average molecular weight is 357 g/mol. The molecule has 2 aliphatic rings. The SMILES string of the molecule is CC(C)(Nc1ccccc1)C(=O)NC1CC(=O)N(C2CCCCCC2)C1. The van der Waals surface area contributed by atoms with E-state index < -0.39 is 5.54 Å². The Balaban J connectivity index is 1.56. The van der Waals surface area contributed by atoms with E-state index in [0.717, 1.165) is 18.5 Å². The van der Waals surface area contributed by atoms with Crippen LogP contribution in [0.1, 0.15) is 58.8 Å². The summed E-state index contributed by atoms with van der Waals surface area (Å²) in [6, 6.07) is 10.00. The van der Waals surface area contributed by atoms with E-state index in [9.17, 15) is 9.59 Å². The van der Waals surface area contributed by atoms with Crippen LogP contribution in [0.15, 0.2) is 30.3 Å². The van der Waals surface area contributed by atoms with Crippen LogP contribution in [0.3, 0.4) is 0 Å². The maximum absolute atomic E-state index is 12.8. The first-order valence-corrected chi connectivity index (χ1v) is 9.89. The molecular formula is C21H31N3O2. The molecule has 1 atom stereocenters. The van der Waals surface area contributed by atoms with Crippen LogP contribution in [0.5, 0.6) is 0 Å². The van der Waals surface area contributed by atoms with Gasteiger partial charge in [0, 0.05) is 24.7 Å². The van der Waals surface area contributed by atoms with Crippen molar-refractivity contribution in [3.8, 4) is 0 Å². The lowest BCUT2D eigenvalue weighted by atomic mass is 10.0. The number of para-hydroxylation sites is 1. The Kier molecular flexibility index (Phi) is 5.84. The number of nitrogens with one attached hydrogen (secondary N) is 2. The third-order valence-electron chi connectivity index (χ3n) is 5.56. The molecule has 2 amide bonds. The molecule has 0 aromatic heterocycles. The van der Waals surface area contributed by atoms with E-state index in [4.69, 9.17) is 0 Å². The van der Waals surface area contributed by atoms with Crippen LogP contribution in [-0.2, 0) is 9.59 Å².